The second-order valence-corrected chi connectivity index (χ2v) is 7.43. The lowest BCUT2D eigenvalue weighted by atomic mass is 10.1. The topological polar surface area (TPSA) is 60.5 Å². The summed E-state index contributed by atoms with van der Waals surface area (Å²) in [7, 11) is 4.64. The molecule has 7 nitrogen and oxygen atoms in total. The van der Waals surface area contributed by atoms with Gasteiger partial charge >= 0.3 is 0 Å². The summed E-state index contributed by atoms with van der Waals surface area (Å²) in [6.07, 6.45) is 4.05. The van der Waals surface area contributed by atoms with Crippen LogP contribution in [0.25, 0.3) is 6.08 Å². The quantitative estimate of drug-likeness (QED) is 0.566. The average molecular weight is 441 g/mol. The molecule has 32 heavy (non-hydrogen) atoms. The Hall–Kier alpha value is -3.03. The van der Waals surface area contributed by atoms with Crippen LogP contribution in [0.1, 0.15) is 15.9 Å². The smallest absolute Gasteiger partial charge is 0.254 e. The van der Waals surface area contributed by atoms with Crippen LogP contribution in [0.2, 0.25) is 0 Å². The van der Waals surface area contributed by atoms with Crippen molar-refractivity contribution in [2.45, 2.75) is 0 Å². The van der Waals surface area contributed by atoms with Crippen LogP contribution >= 0.6 is 0 Å². The van der Waals surface area contributed by atoms with E-state index in [1.54, 1.807) is 33.5 Å². The average Bonchev–Trinajstić information content (AvgIpc) is 2.85. The highest BCUT2D eigenvalue weighted by atomic mass is 16.5. The van der Waals surface area contributed by atoms with Crippen molar-refractivity contribution in [1.29, 1.82) is 0 Å². The number of methoxy groups -OCH3 is 3. The summed E-state index contributed by atoms with van der Waals surface area (Å²) in [6, 6.07) is 13.5. The van der Waals surface area contributed by atoms with E-state index in [0.717, 1.165) is 38.4 Å². The lowest BCUT2D eigenvalue weighted by molar-refractivity contribution is 0.0331. The van der Waals surface area contributed by atoms with Crippen LogP contribution in [0.3, 0.4) is 0 Å². The first-order chi connectivity index (χ1) is 15.7. The molecule has 0 spiro atoms. The van der Waals surface area contributed by atoms with Gasteiger partial charge in [0.1, 0.15) is 0 Å². The van der Waals surface area contributed by atoms with Gasteiger partial charge in [-0.05, 0) is 17.7 Å². The van der Waals surface area contributed by atoms with Crippen molar-refractivity contribution in [3.05, 3.63) is 59.7 Å². The van der Waals surface area contributed by atoms with Gasteiger partial charge in [-0.2, -0.15) is 0 Å². The maximum absolute atomic E-state index is 13.5. The van der Waals surface area contributed by atoms with Crippen LogP contribution in [0.4, 0.5) is 0 Å². The van der Waals surface area contributed by atoms with E-state index < -0.39 is 0 Å². The van der Waals surface area contributed by atoms with E-state index in [1.165, 1.54) is 0 Å². The Morgan fingerprint density at radius 2 is 1.69 bits per heavy atom. The summed E-state index contributed by atoms with van der Waals surface area (Å²) >= 11 is 0. The van der Waals surface area contributed by atoms with Gasteiger partial charge in [-0.15, -0.1) is 0 Å². The number of rotatable bonds is 10. The molecular formula is C25H32N2O5. The lowest BCUT2D eigenvalue weighted by Crippen LogP contribution is -2.43. The number of nitrogens with zero attached hydrogens (tertiary/aromatic N) is 2. The molecule has 0 radical (unpaired) electrons. The Kier molecular flexibility index (Phi) is 8.95. The first-order valence-electron chi connectivity index (χ1n) is 10.8. The minimum atomic E-state index is -0.0878. The van der Waals surface area contributed by atoms with E-state index >= 15 is 0 Å². The summed E-state index contributed by atoms with van der Waals surface area (Å²) in [5.74, 6) is 1.30. The SMILES string of the molecule is COc1cc(C(=O)N(C/C=C/c2ccccc2)CCN2CCOCC2)cc(OC)c1OC. The van der Waals surface area contributed by atoms with Crippen molar-refractivity contribution in [1.82, 2.24) is 9.80 Å². The largest absolute Gasteiger partial charge is 0.493 e. The molecule has 1 saturated heterocycles. The molecule has 172 valence electrons. The number of benzene rings is 2. The highest BCUT2D eigenvalue weighted by Crippen LogP contribution is 2.38. The molecule has 1 heterocycles. The molecule has 1 amide bonds. The van der Waals surface area contributed by atoms with Crippen LogP contribution in [0.15, 0.2) is 48.5 Å². The summed E-state index contributed by atoms with van der Waals surface area (Å²) in [5.41, 5.74) is 1.59. The highest BCUT2D eigenvalue weighted by Gasteiger charge is 2.21. The van der Waals surface area contributed by atoms with Gasteiger partial charge in [-0.3, -0.25) is 9.69 Å². The van der Waals surface area contributed by atoms with Gasteiger partial charge in [0.15, 0.2) is 11.5 Å². The zero-order chi connectivity index (χ0) is 22.8. The second kappa shape index (κ2) is 12.1. The van der Waals surface area contributed by atoms with Gasteiger partial charge < -0.3 is 23.8 Å². The fraction of sp³-hybridized carbons (Fsp3) is 0.400. The van der Waals surface area contributed by atoms with Crippen molar-refractivity contribution in [2.75, 3.05) is 67.3 Å². The number of hydrogen-bond acceptors (Lipinski definition) is 6. The van der Waals surface area contributed by atoms with Crippen LogP contribution in [-0.4, -0.2) is 83.0 Å². The van der Waals surface area contributed by atoms with Crippen LogP contribution in [-0.2, 0) is 4.74 Å². The minimum absolute atomic E-state index is 0.0878. The number of morpholine rings is 1. The van der Waals surface area contributed by atoms with Gasteiger partial charge in [0.25, 0.3) is 5.91 Å². The predicted octanol–water partition coefficient (Wildman–Crippen LogP) is 3.20. The van der Waals surface area contributed by atoms with Gasteiger partial charge in [0.2, 0.25) is 5.75 Å². The predicted molar refractivity (Wildman–Crippen MR) is 125 cm³/mol. The van der Waals surface area contributed by atoms with Crippen LogP contribution < -0.4 is 14.2 Å². The monoisotopic (exact) mass is 440 g/mol. The van der Waals surface area contributed by atoms with Crippen molar-refractivity contribution in [3.8, 4) is 17.2 Å². The number of ether oxygens (including phenoxy) is 4. The van der Waals surface area contributed by atoms with Gasteiger partial charge in [-0.25, -0.2) is 0 Å². The molecule has 3 rings (SSSR count). The molecule has 1 aliphatic rings. The van der Waals surface area contributed by atoms with Crippen molar-refractivity contribution in [2.24, 2.45) is 0 Å². The van der Waals surface area contributed by atoms with E-state index in [-0.39, 0.29) is 5.91 Å². The normalized spacial score (nSPS) is 14.3. The maximum atomic E-state index is 13.5. The van der Waals surface area contributed by atoms with Crippen molar-refractivity contribution in [3.63, 3.8) is 0 Å². The molecule has 1 aliphatic heterocycles. The van der Waals surface area contributed by atoms with Crippen molar-refractivity contribution < 1.29 is 23.7 Å². The molecule has 0 unspecified atom stereocenters. The summed E-state index contributed by atoms with van der Waals surface area (Å²) < 4.78 is 21.7. The summed E-state index contributed by atoms with van der Waals surface area (Å²) in [6.45, 7) is 5.11. The highest BCUT2D eigenvalue weighted by molar-refractivity contribution is 5.95. The van der Waals surface area contributed by atoms with Crippen LogP contribution in [0.5, 0.6) is 17.2 Å². The van der Waals surface area contributed by atoms with E-state index in [1.807, 2.05) is 47.4 Å². The second-order valence-electron chi connectivity index (χ2n) is 7.43. The lowest BCUT2D eigenvalue weighted by Gasteiger charge is -2.30. The van der Waals surface area contributed by atoms with E-state index in [2.05, 4.69) is 4.90 Å². The molecule has 2 aromatic rings. The van der Waals surface area contributed by atoms with Gasteiger partial charge in [0, 0.05) is 38.3 Å². The third kappa shape index (κ3) is 6.24. The standard InChI is InChI=1S/C25H32N2O5/c1-29-22-18-21(19-23(30-2)24(22)31-3)25(28)27(13-12-26-14-16-32-17-15-26)11-7-10-20-8-5-4-6-9-20/h4-10,18-19H,11-17H2,1-3H3/b10-7+. The fourth-order valence-corrected chi connectivity index (χ4v) is 3.63. The number of hydrogen-bond donors (Lipinski definition) is 0. The zero-order valence-corrected chi connectivity index (χ0v) is 19.1. The molecule has 0 aliphatic carbocycles. The zero-order valence-electron chi connectivity index (χ0n) is 19.1. The maximum Gasteiger partial charge on any atom is 0.254 e. The molecule has 0 N–H and O–H groups in total. The first-order valence-corrected chi connectivity index (χ1v) is 10.8. The Morgan fingerprint density at radius 3 is 2.28 bits per heavy atom. The van der Waals surface area contributed by atoms with Gasteiger partial charge in [-0.1, -0.05) is 42.5 Å². The Labute approximate surface area is 190 Å². The third-order valence-electron chi connectivity index (χ3n) is 5.42. The minimum Gasteiger partial charge on any atom is -0.493 e. The molecule has 0 atom stereocenters. The Morgan fingerprint density at radius 1 is 1.03 bits per heavy atom. The molecule has 7 heteroatoms. The van der Waals surface area contributed by atoms with Crippen LogP contribution in [0, 0.1) is 0 Å². The first kappa shape index (κ1) is 23.6. The van der Waals surface area contributed by atoms with E-state index in [0.29, 0.717) is 35.9 Å². The number of carbonyl (C=O) groups excluding carboxylic acids is 1. The number of amides is 1. The molecule has 2 aromatic carbocycles. The Balaban J connectivity index is 1.80. The summed E-state index contributed by atoms with van der Waals surface area (Å²) in [4.78, 5) is 17.7. The van der Waals surface area contributed by atoms with E-state index in [9.17, 15) is 4.79 Å². The Bertz CT molecular complexity index is 869. The summed E-state index contributed by atoms with van der Waals surface area (Å²) in [5, 5.41) is 0. The molecule has 0 bridgehead atoms. The number of carbonyl (C=O) groups is 1. The fourth-order valence-electron chi connectivity index (χ4n) is 3.63. The molecule has 0 aromatic heterocycles. The van der Waals surface area contributed by atoms with Crippen molar-refractivity contribution >= 4 is 12.0 Å². The molecule has 1 fully saturated rings. The third-order valence-corrected chi connectivity index (χ3v) is 5.42. The molecular weight excluding hydrogens is 408 g/mol. The van der Waals surface area contributed by atoms with Gasteiger partial charge in [0.05, 0.1) is 34.5 Å². The molecule has 0 saturated carbocycles. The van der Waals surface area contributed by atoms with E-state index in [4.69, 9.17) is 18.9 Å².